The van der Waals surface area contributed by atoms with Crippen LogP contribution in [0.25, 0.3) is 0 Å². The van der Waals surface area contributed by atoms with E-state index >= 15 is 0 Å². The molecule has 0 saturated heterocycles. The van der Waals surface area contributed by atoms with Crippen LogP contribution in [0.5, 0.6) is 0 Å². The Labute approximate surface area is 109 Å². The molecule has 4 N–H and O–H groups in total. The van der Waals surface area contributed by atoms with Crippen molar-refractivity contribution < 1.29 is 9.53 Å². The van der Waals surface area contributed by atoms with Crippen LogP contribution in [-0.2, 0) is 9.53 Å². The Balaban J connectivity index is 0.000000327. The van der Waals surface area contributed by atoms with Gasteiger partial charge in [0.25, 0.3) is 0 Å². The summed E-state index contributed by atoms with van der Waals surface area (Å²) in [6, 6.07) is 7.15. The molecule has 0 aliphatic carbocycles. The van der Waals surface area contributed by atoms with Crippen molar-refractivity contribution in [2.75, 3.05) is 18.1 Å². The number of esters is 1. The highest BCUT2D eigenvalue weighted by Gasteiger charge is 1.98. The zero-order valence-corrected chi connectivity index (χ0v) is 11.3. The van der Waals surface area contributed by atoms with Gasteiger partial charge in [0.2, 0.25) is 0 Å². The number of anilines is 2. The Morgan fingerprint density at radius 1 is 1.17 bits per heavy atom. The van der Waals surface area contributed by atoms with Crippen molar-refractivity contribution in [3.05, 3.63) is 24.3 Å². The number of carbonyl (C=O) groups excluding carboxylic acids is 1. The third kappa shape index (κ3) is 9.51. The van der Waals surface area contributed by atoms with E-state index < -0.39 is 0 Å². The zero-order chi connectivity index (χ0) is 13.8. The van der Waals surface area contributed by atoms with E-state index in [0.717, 1.165) is 19.3 Å². The standard InChI is InChI=1S/C8H16O2.C6H8N2/c1-3-5-6-7-8(9)10-4-2;7-5-2-1-3-6(8)4-5/h3-7H2,1-2H3;1-4H,7-8H2. The molecular weight excluding hydrogens is 228 g/mol. The fourth-order valence-corrected chi connectivity index (χ4v) is 1.31. The summed E-state index contributed by atoms with van der Waals surface area (Å²) < 4.78 is 4.75. The molecule has 102 valence electrons. The van der Waals surface area contributed by atoms with Gasteiger partial charge in [-0.2, -0.15) is 0 Å². The van der Waals surface area contributed by atoms with Crippen LogP contribution in [-0.4, -0.2) is 12.6 Å². The van der Waals surface area contributed by atoms with Crippen molar-refractivity contribution >= 4 is 17.3 Å². The lowest BCUT2D eigenvalue weighted by molar-refractivity contribution is -0.143. The second-order valence-electron chi connectivity index (χ2n) is 3.93. The van der Waals surface area contributed by atoms with Crippen LogP contribution >= 0.6 is 0 Å². The predicted octanol–water partition coefficient (Wildman–Crippen LogP) is 2.98. The van der Waals surface area contributed by atoms with Crippen LogP contribution in [0.3, 0.4) is 0 Å². The first-order valence-electron chi connectivity index (χ1n) is 6.36. The number of ether oxygens (including phenoxy) is 1. The highest BCUT2D eigenvalue weighted by molar-refractivity contribution is 5.69. The van der Waals surface area contributed by atoms with Crippen molar-refractivity contribution in [3.8, 4) is 0 Å². The molecule has 4 nitrogen and oxygen atoms in total. The van der Waals surface area contributed by atoms with Crippen LogP contribution in [0.2, 0.25) is 0 Å². The van der Waals surface area contributed by atoms with Gasteiger partial charge in [-0.05, 0) is 31.5 Å². The minimum Gasteiger partial charge on any atom is -0.466 e. The molecule has 0 radical (unpaired) electrons. The smallest absolute Gasteiger partial charge is 0.305 e. The molecule has 4 heteroatoms. The zero-order valence-electron chi connectivity index (χ0n) is 11.3. The van der Waals surface area contributed by atoms with Gasteiger partial charge in [-0.3, -0.25) is 4.79 Å². The summed E-state index contributed by atoms with van der Waals surface area (Å²) in [5, 5.41) is 0. The Bertz CT molecular complexity index is 323. The van der Waals surface area contributed by atoms with Crippen LogP contribution in [0.15, 0.2) is 24.3 Å². The van der Waals surface area contributed by atoms with Crippen molar-refractivity contribution in [2.45, 2.75) is 39.5 Å². The van der Waals surface area contributed by atoms with E-state index in [0.29, 0.717) is 24.4 Å². The van der Waals surface area contributed by atoms with Crippen LogP contribution in [0, 0.1) is 0 Å². The van der Waals surface area contributed by atoms with Gasteiger partial charge in [-0.15, -0.1) is 0 Å². The normalized spacial score (nSPS) is 9.22. The lowest BCUT2D eigenvalue weighted by atomic mass is 10.2. The predicted molar refractivity (Wildman–Crippen MR) is 76.0 cm³/mol. The number of nitrogens with two attached hydrogens (primary N) is 2. The van der Waals surface area contributed by atoms with Gasteiger partial charge >= 0.3 is 5.97 Å². The fourth-order valence-electron chi connectivity index (χ4n) is 1.31. The van der Waals surface area contributed by atoms with E-state index in [2.05, 4.69) is 6.92 Å². The van der Waals surface area contributed by atoms with E-state index in [4.69, 9.17) is 16.2 Å². The highest BCUT2D eigenvalue weighted by atomic mass is 16.5. The molecule has 0 aliphatic heterocycles. The van der Waals surface area contributed by atoms with Crippen LogP contribution < -0.4 is 11.5 Å². The maximum atomic E-state index is 10.7. The molecule has 0 amide bonds. The first-order valence-corrected chi connectivity index (χ1v) is 6.36. The molecule has 0 fully saturated rings. The van der Waals surface area contributed by atoms with Gasteiger partial charge in [0.1, 0.15) is 0 Å². The second-order valence-corrected chi connectivity index (χ2v) is 3.93. The summed E-state index contributed by atoms with van der Waals surface area (Å²) in [6.07, 6.45) is 3.83. The summed E-state index contributed by atoms with van der Waals surface area (Å²) in [5.41, 5.74) is 12.2. The van der Waals surface area contributed by atoms with Gasteiger partial charge in [0.15, 0.2) is 0 Å². The summed E-state index contributed by atoms with van der Waals surface area (Å²) in [4.78, 5) is 10.7. The number of unbranched alkanes of at least 4 members (excludes halogenated alkanes) is 2. The summed E-state index contributed by atoms with van der Waals surface area (Å²) >= 11 is 0. The highest BCUT2D eigenvalue weighted by Crippen LogP contribution is 2.06. The molecule has 0 unspecified atom stereocenters. The van der Waals surface area contributed by atoms with Gasteiger partial charge in [-0.1, -0.05) is 25.8 Å². The number of nitrogen functional groups attached to an aromatic ring is 2. The Hall–Kier alpha value is -1.71. The third-order valence-corrected chi connectivity index (χ3v) is 2.20. The van der Waals surface area contributed by atoms with Gasteiger partial charge in [0.05, 0.1) is 6.61 Å². The quantitative estimate of drug-likeness (QED) is 0.479. The van der Waals surface area contributed by atoms with Crippen molar-refractivity contribution in [3.63, 3.8) is 0 Å². The maximum absolute atomic E-state index is 10.7. The van der Waals surface area contributed by atoms with Gasteiger partial charge < -0.3 is 16.2 Å². The van der Waals surface area contributed by atoms with Crippen LogP contribution in [0.1, 0.15) is 39.5 Å². The molecule has 0 saturated carbocycles. The molecule has 0 bridgehead atoms. The minimum atomic E-state index is -0.0593. The Morgan fingerprint density at radius 3 is 2.17 bits per heavy atom. The summed E-state index contributed by atoms with van der Waals surface area (Å²) in [7, 11) is 0. The van der Waals surface area contributed by atoms with E-state index in [1.165, 1.54) is 0 Å². The average molecular weight is 252 g/mol. The number of hydrogen-bond acceptors (Lipinski definition) is 4. The topological polar surface area (TPSA) is 78.3 Å². The molecule has 0 aromatic heterocycles. The van der Waals surface area contributed by atoms with Crippen molar-refractivity contribution in [1.29, 1.82) is 0 Å². The molecule has 1 aromatic carbocycles. The SMILES string of the molecule is CCCCCC(=O)OCC.Nc1cccc(N)c1. The minimum absolute atomic E-state index is 0.0593. The van der Waals surface area contributed by atoms with Gasteiger partial charge in [-0.25, -0.2) is 0 Å². The van der Waals surface area contributed by atoms with E-state index in [9.17, 15) is 4.79 Å². The van der Waals surface area contributed by atoms with Crippen molar-refractivity contribution in [2.24, 2.45) is 0 Å². The maximum Gasteiger partial charge on any atom is 0.305 e. The van der Waals surface area contributed by atoms with Crippen molar-refractivity contribution in [1.82, 2.24) is 0 Å². The fraction of sp³-hybridized carbons (Fsp3) is 0.500. The lowest BCUT2D eigenvalue weighted by Gasteiger charge is -1.99. The summed E-state index contributed by atoms with van der Waals surface area (Å²) in [5.74, 6) is -0.0593. The molecule has 0 aliphatic rings. The third-order valence-electron chi connectivity index (χ3n) is 2.20. The number of benzene rings is 1. The largest absolute Gasteiger partial charge is 0.466 e. The number of rotatable bonds is 5. The Morgan fingerprint density at radius 2 is 1.78 bits per heavy atom. The number of hydrogen-bond donors (Lipinski definition) is 2. The summed E-state index contributed by atoms with van der Waals surface area (Å²) in [6.45, 7) is 4.45. The molecular formula is C14H24N2O2. The number of carbonyl (C=O) groups is 1. The van der Waals surface area contributed by atoms with Gasteiger partial charge in [0, 0.05) is 17.8 Å². The molecule has 1 aromatic rings. The first-order chi connectivity index (χ1) is 8.60. The molecule has 1 rings (SSSR count). The van der Waals surface area contributed by atoms with Crippen LogP contribution in [0.4, 0.5) is 11.4 Å². The molecule has 0 spiro atoms. The van der Waals surface area contributed by atoms with E-state index in [1.54, 1.807) is 18.2 Å². The second kappa shape index (κ2) is 10.4. The molecule has 0 atom stereocenters. The van der Waals surface area contributed by atoms with E-state index in [-0.39, 0.29) is 5.97 Å². The van der Waals surface area contributed by atoms with E-state index in [1.807, 2.05) is 13.0 Å². The monoisotopic (exact) mass is 252 g/mol. The first kappa shape index (κ1) is 16.3. The Kier molecular flexibility index (Phi) is 9.45. The average Bonchev–Trinajstić information content (AvgIpc) is 2.30. The lowest BCUT2D eigenvalue weighted by Crippen LogP contribution is -2.02. The molecule has 18 heavy (non-hydrogen) atoms. The molecule has 0 heterocycles.